The highest BCUT2D eigenvalue weighted by Gasteiger charge is 2.24. The molecule has 0 spiro atoms. The molecule has 1 N–H and O–H groups in total. The minimum Gasteiger partial charge on any atom is -0.490 e. The van der Waals surface area contributed by atoms with Gasteiger partial charge in [-0.15, -0.1) is 0 Å². The number of hydrogen-bond donors (Lipinski definition) is 1. The molecule has 1 amide bonds. The van der Waals surface area contributed by atoms with E-state index in [9.17, 15) is 9.59 Å². The van der Waals surface area contributed by atoms with E-state index in [0.717, 1.165) is 43.6 Å². The predicted octanol–water partition coefficient (Wildman–Crippen LogP) is 4.19. The number of hydrogen-bond acceptors (Lipinski definition) is 6. The third kappa shape index (κ3) is 5.83. The van der Waals surface area contributed by atoms with Crippen LogP contribution >= 0.6 is 0 Å². The lowest BCUT2D eigenvalue weighted by Crippen LogP contribution is -2.34. The average molecular weight is 464 g/mol. The number of benzene rings is 2. The maximum absolute atomic E-state index is 13.0. The number of aryl methyl sites for hydroxylation is 1. The molecule has 1 atom stereocenters. The maximum Gasteiger partial charge on any atom is 0.253 e. The summed E-state index contributed by atoms with van der Waals surface area (Å²) in [5.41, 5.74) is 3.55. The number of fused-ring (bicyclic) bond motifs is 1. The van der Waals surface area contributed by atoms with E-state index in [2.05, 4.69) is 27.3 Å². The lowest BCUT2D eigenvalue weighted by atomic mass is 10.0. The Labute approximate surface area is 201 Å². The number of nitrogens with zero attached hydrogens (tertiary/aromatic N) is 2. The molecule has 0 radical (unpaired) electrons. The predicted molar refractivity (Wildman–Crippen MR) is 133 cm³/mol. The third-order valence-corrected chi connectivity index (χ3v) is 6.23. The summed E-state index contributed by atoms with van der Waals surface area (Å²) < 4.78 is 11.4. The molecule has 2 aliphatic heterocycles. The van der Waals surface area contributed by atoms with Crippen molar-refractivity contribution in [1.29, 1.82) is 0 Å². The molecule has 7 nitrogen and oxygen atoms in total. The number of carbonyl (C=O) groups is 2. The fourth-order valence-corrected chi connectivity index (χ4v) is 4.39. The van der Waals surface area contributed by atoms with Gasteiger partial charge >= 0.3 is 0 Å². The molecule has 180 valence electrons. The van der Waals surface area contributed by atoms with Crippen LogP contribution in [-0.2, 0) is 16.0 Å². The van der Waals surface area contributed by atoms with Gasteiger partial charge in [-0.25, -0.2) is 0 Å². The summed E-state index contributed by atoms with van der Waals surface area (Å²) in [6.45, 7) is 7.64. The average Bonchev–Trinajstić information content (AvgIpc) is 2.99. The highest BCUT2D eigenvalue weighted by Crippen LogP contribution is 2.35. The van der Waals surface area contributed by atoms with Gasteiger partial charge in [-0.1, -0.05) is 24.3 Å². The number of anilines is 1. The Hall–Kier alpha value is -3.19. The molecule has 2 heterocycles. The number of nitrogens with one attached hydrogen (secondary N) is 1. The van der Waals surface area contributed by atoms with Crippen LogP contribution in [0.25, 0.3) is 0 Å². The lowest BCUT2D eigenvalue weighted by Gasteiger charge is -2.25. The van der Waals surface area contributed by atoms with Crippen molar-refractivity contribution in [1.82, 2.24) is 4.90 Å². The van der Waals surface area contributed by atoms with Crippen LogP contribution in [0.15, 0.2) is 41.4 Å². The van der Waals surface area contributed by atoms with Gasteiger partial charge in [0.05, 0.1) is 18.9 Å². The van der Waals surface area contributed by atoms with Crippen molar-refractivity contribution in [3.05, 3.63) is 53.1 Å². The minimum absolute atomic E-state index is 0.172. The number of piperidine rings is 1. The van der Waals surface area contributed by atoms with Gasteiger partial charge in [0.1, 0.15) is 5.78 Å². The Balaban J connectivity index is 1.40. The highest BCUT2D eigenvalue weighted by molar-refractivity contribution is 6.04. The number of carbonyl (C=O) groups excluding carboxylic acids is 2. The number of likely N-dealkylation sites (tertiary alicyclic amines) is 1. The first kappa shape index (κ1) is 24.0. The van der Waals surface area contributed by atoms with Crippen molar-refractivity contribution in [3.8, 4) is 11.5 Å². The molecule has 1 fully saturated rings. The van der Waals surface area contributed by atoms with Crippen LogP contribution in [-0.4, -0.2) is 55.7 Å². The van der Waals surface area contributed by atoms with E-state index in [1.54, 1.807) is 12.3 Å². The standard InChI is InChI=1S/C27H33N3O4/c1-3-33-24-16-21-18-28-26(27(32)29-23(21)17-25(24)34-4-2)20-9-7-19(8-10-20)6-5-13-30-14-11-22(31)12-15-30/h7-10,16-18,26H,3-6,11-15H2,1-2H3,(H,29,32). The summed E-state index contributed by atoms with van der Waals surface area (Å²) in [4.78, 5) is 31.3. The molecule has 4 rings (SSSR count). The van der Waals surface area contributed by atoms with E-state index in [1.807, 2.05) is 32.0 Å². The van der Waals surface area contributed by atoms with Crippen LogP contribution in [0.1, 0.15) is 55.8 Å². The Bertz CT molecular complexity index is 1040. The van der Waals surface area contributed by atoms with E-state index in [0.29, 0.717) is 49.0 Å². The van der Waals surface area contributed by atoms with Crippen LogP contribution in [0, 0.1) is 0 Å². The van der Waals surface area contributed by atoms with Crippen LogP contribution in [0.4, 0.5) is 5.69 Å². The number of amides is 1. The third-order valence-electron chi connectivity index (χ3n) is 6.23. The van der Waals surface area contributed by atoms with Gasteiger partial charge in [-0.3, -0.25) is 14.6 Å². The number of benzodiazepines with no additional fused rings is 1. The summed E-state index contributed by atoms with van der Waals surface area (Å²) in [5.74, 6) is 1.46. The second kappa shape index (κ2) is 11.3. The zero-order chi connectivity index (χ0) is 23.9. The normalized spacial score (nSPS) is 18.2. The number of aliphatic imine (C=N–C) groups is 1. The van der Waals surface area contributed by atoms with Gasteiger partial charge in [-0.05, 0) is 50.4 Å². The number of ketones is 1. The molecule has 2 aliphatic rings. The quantitative estimate of drug-likeness (QED) is 0.603. The first-order valence-electron chi connectivity index (χ1n) is 12.2. The van der Waals surface area contributed by atoms with E-state index in [4.69, 9.17) is 9.47 Å². The zero-order valence-electron chi connectivity index (χ0n) is 20.0. The SMILES string of the molecule is CCOc1cc2c(cc1OCC)NC(=O)C(c1ccc(CCCN3CCC(=O)CC3)cc1)N=C2. The molecule has 34 heavy (non-hydrogen) atoms. The van der Waals surface area contributed by atoms with Crippen LogP contribution in [0.2, 0.25) is 0 Å². The second-order valence-corrected chi connectivity index (χ2v) is 8.65. The Kier molecular flexibility index (Phi) is 7.95. The Morgan fingerprint density at radius 1 is 1.00 bits per heavy atom. The fraction of sp³-hybridized carbons (Fsp3) is 0.444. The molecule has 2 aromatic rings. The monoisotopic (exact) mass is 463 g/mol. The highest BCUT2D eigenvalue weighted by atomic mass is 16.5. The summed E-state index contributed by atoms with van der Waals surface area (Å²) in [6.07, 6.45) is 5.12. The number of Topliss-reactive ketones (excluding diaryl/α,β-unsaturated/α-hetero) is 1. The molecule has 0 aromatic heterocycles. The minimum atomic E-state index is -0.613. The van der Waals surface area contributed by atoms with Gasteiger partial charge in [0.25, 0.3) is 5.91 Å². The van der Waals surface area contributed by atoms with Crippen molar-refractivity contribution < 1.29 is 19.1 Å². The first-order chi connectivity index (χ1) is 16.6. The van der Waals surface area contributed by atoms with Crippen molar-refractivity contribution in [2.24, 2.45) is 4.99 Å². The first-order valence-corrected chi connectivity index (χ1v) is 12.2. The molecular weight excluding hydrogens is 430 g/mol. The van der Waals surface area contributed by atoms with Gasteiger partial charge in [0.15, 0.2) is 17.5 Å². The molecule has 2 aromatic carbocycles. The van der Waals surface area contributed by atoms with E-state index < -0.39 is 6.04 Å². The molecule has 0 bridgehead atoms. The smallest absolute Gasteiger partial charge is 0.253 e. The van der Waals surface area contributed by atoms with Crippen LogP contribution in [0.5, 0.6) is 11.5 Å². The molecule has 0 saturated carbocycles. The zero-order valence-corrected chi connectivity index (χ0v) is 20.0. The Morgan fingerprint density at radius 3 is 2.35 bits per heavy atom. The topological polar surface area (TPSA) is 80.2 Å². The largest absolute Gasteiger partial charge is 0.490 e. The van der Waals surface area contributed by atoms with Crippen molar-refractivity contribution in [2.45, 2.75) is 45.6 Å². The van der Waals surface area contributed by atoms with Gasteiger partial charge in [0, 0.05) is 43.8 Å². The lowest BCUT2D eigenvalue weighted by molar-refractivity contribution is -0.121. The van der Waals surface area contributed by atoms with Crippen LogP contribution in [0.3, 0.4) is 0 Å². The van der Waals surface area contributed by atoms with Gasteiger partial charge < -0.3 is 19.7 Å². The number of ether oxygens (including phenoxy) is 2. The molecule has 0 aliphatic carbocycles. The molecule has 1 saturated heterocycles. The molecular formula is C27H33N3O4. The summed E-state index contributed by atoms with van der Waals surface area (Å²) in [5, 5.41) is 3.00. The van der Waals surface area contributed by atoms with Crippen molar-refractivity contribution >= 4 is 23.6 Å². The van der Waals surface area contributed by atoms with Crippen molar-refractivity contribution in [3.63, 3.8) is 0 Å². The van der Waals surface area contributed by atoms with E-state index in [-0.39, 0.29) is 5.91 Å². The second-order valence-electron chi connectivity index (χ2n) is 8.65. The summed E-state index contributed by atoms with van der Waals surface area (Å²) in [7, 11) is 0. The molecule has 1 unspecified atom stereocenters. The van der Waals surface area contributed by atoms with E-state index >= 15 is 0 Å². The van der Waals surface area contributed by atoms with E-state index in [1.165, 1.54) is 5.56 Å². The number of rotatable bonds is 9. The van der Waals surface area contributed by atoms with Crippen LogP contribution < -0.4 is 14.8 Å². The Morgan fingerprint density at radius 2 is 1.68 bits per heavy atom. The summed E-state index contributed by atoms with van der Waals surface area (Å²) >= 11 is 0. The van der Waals surface area contributed by atoms with Crippen molar-refractivity contribution in [2.75, 3.05) is 38.2 Å². The summed E-state index contributed by atoms with van der Waals surface area (Å²) in [6, 6.07) is 11.2. The molecule has 7 heteroatoms. The fourth-order valence-electron chi connectivity index (χ4n) is 4.39. The van der Waals surface area contributed by atoms with Gasteiger partial charge in [0.2, 0.25) is 0 Å². The van der Waals surface area contributed by atoms with Gasteiger partial charge in [-0.2, -0.15) is 0 Å². The maximum atomic E-state index is 13.0.